The average molecular weight is 423 g/mol. The van der Waals surface area contributed by atoms with Crippen molar-refractivity contribution in [1.82, 2.24) is 15.5 Å². The van der Waals surface area contributed by atoms with Crippen molar-refractivity contribution >= 4 is 17.5 Å². The second-order valence-corrected chi connectivity index (χ2v) is 9.33. The fourth-order valence-electron chi connectivity index (χ4n) is 5.43. The summed E-state index contributed by atoms with van der Waals surface area (Å²) in [7, 11) is 0. The summed E-state index contributed by atoms with van der Waals surface area (Å²) in [6.45, 7) is 2.19. The summed E-state index contributed by atoms with van der Waals surface area (Å²) in [5.41, 5.74) is 3.03. The number of carbonyl (C=O) groups excluding carboxylic acids is 2. The molecule has 3 aliphatic rings. The predicted octanol–water partition coefficient (Wildman–Crippen LogP) is 3.59. The lowest BCUT2D eigenvalue weighted by atomic mass is 9.88. The normalized spacial score (nSPS) is 22.9. The van der Waals surface area contributed by atoms with Crippen molar-refractivity contribution in [1.29, 1.82) is 0 Å². The van der Waals surface area contributed by atoms with Crippen LogP contribution in [-0.2, 0) is 28.0 Å². The first kappa shape index (κ1) is 20.2. The smallest absolute Gasteiger partial charge is 0.227 e. The highest BCUT2D eigenvalue weighted by molar-refractivity contribution is 6.00. The lowest BCUT2D eigenvalue weighted by Crippen LogP contribution is -2.49. The Morgan fingerprint density at radius 2 is 1.90 bits per heavy atom. The zero-order chi connectivity index (χ0) is 21.4. The van der Waals surface area contributed by atoms with Gasteiger partial charge < -0.3 is 14.7 Å². The fourth-order valence-corrected chi connectivity index (χ4v) is 5.43. The Kier molecular flexibility index (Phi) is 5.28. The van der Waals surface area contributed by atoms with Crippen LogP contribution in [0.5, 0.6) is 0 Å². The highest BCUT2D eigenvalue weighted by Crippen LogP contribution is 2.36. The van der Waals surface area contributed by atoms with E-state index in [9.17, 15) is 9.59 Å². The largest absolute Gasteiger partial charge is 0.343 e. The lowest BCUT2D eigenvalue weighted by Gasteiger charge is -2.31. The SMILES string of the molecule is Cc1nc(C2(NC(=O)C3CC(=O)N(c4ccc5c(c4)CCC5)C3)CCCCCC2)no1. The van der Waals surface area contributed by atoms with Crippen molar-refractivity contribution in [2.75, 3.05) is 11.4 Å². The van der Waals surface area contributed by atoms with Crippen LogP contribution in [0.25, 0.3) is 0 Å². The topological polar surface area (TPSA) is 88.3 Å². The number of hydrogen-bond donors (Lipinski definition) is 1. The van der Waals surface area contributed by atoms with Gasteiger partial charge in [-0.05, 0) is 55.4 Å². The molecule has 1 aromatic heterocycles. The summed E-state index contributed by atoms with van der Waals surface area (Å²) in [6.07, 6.45) is 9.51. The molecule has 2 amide bonds. The summed E-state index contributed by atoms with van der Waals surface area (Å²) in [4.78, 5) is 32.4. The molecule has 1 unspecified atom stereocenters. The number of amides is 2. The molecule has 2 aromatic rings. The van der Waals surface area contributed by atoms with Gasteiger partial charge in [-0.1, -0.05) is 36.9 Å². The van der Waals surface area contributed by atoms with Gasteiger partial charge in [-0.15, -0.1) is 0 Å². The molecule has 1 N–H and O–H groups in total. The summed E-state index contributed by atoms with van der Waals surface area (Å²) in [5.74, 6) is 0.644. The molecule has 1 saturated carbocycles. The molecule has 1 saturated heterocycles. The van der Waals surface area contributed by atoms with Gasteiger partial charge in [-0.2, -0.15) is 4.98 Å². The Balaban J connectivity index is 1.34. The molecule has 7 nitrogen and oxygen atoms in total. The zero-order valence-corrected chi connectivity index (χ0v) is 18.2. The summed E-state index contributed by atoms with van der Waals surface area (Å²) in [6, 6.07) is 6.30. The Morgan fingerprint density at radius 3 is 2.65 bits per heavy atom. The Labute approximate surface area is 182 Å². The first-order valence-electron chi connectivity index (χ1n) is 11.6. The van der Waals surface area contributed by atoms with Crippen LogP contribution in [0, 0.1) is 12.8 Å². The third-order valence-electron chi connectivity index (χ3n) is 7.16. The zero-order valence-electron chi connectivity index (χ0n) is 18.2. The molecular formula is C24H30N4O3. The Bertz CT molecular complexity index is 990. The van der Waals surface area contributed by atoms with Crippen LogP contribution in [0.2, 0.25) is 0 Å². The van der Waals surface area contributed by atoms with Gasteiger partial charge >= 0.3 is 0 Å². The maximum absolute atomic E-state index is 13.3. The first-order chi connectivity index (χ1) is 15.0. The minimum Gasteiger partial charge on any atom is -0.343 e. The van der Waals surface area contributed by atoms with Gasteiger partial charge in [0.25, 0.3) is 0 Å². The number of anilines is 1. The molecule has 2 aliphatic carbocycles. The van der Waals surface area contributed by atoms with Gasteiger partial charge in [0.1, 0.15) is 5.54 Å². The van der Waals surface area contributed by atoms with Crippen LogP contribution in [0.3, 0.4) is 0 Å². The lowest BCUT2D eigenvalue weighted by molar-refractivity contribution is -0.128. The number of rotatable bonds is 4. The maximum atomic E-state index is 13.3. The molecule has 0 bridgehead atoms. The van der Waals surface area contributed by atoms with Crippen LogP contribution in [0.4, 0.5) is 5.69 Å². The van der Waals surface area contributed by atoms with E-state index in [2.05, 4.69) is 27.6 Å². The van der Waals surface area contributed by atoms with Gasteiger partial charge in [0.2, 0.25) is 17.7 Å². The van der Waals surface area contributed by atoms with Crippen molar-refractivity contribution < 1.29 is 14.1 Å². The van der Waals surface area contributed by atoms with Gasteiger partial charge in [0.15, 0.2) is 5.82 Å². The molecule has 7 heteroatoms. The number of aromatic nitrogens is 2. The second kappa shape index (κ2) is 8.09. The molecule has 31 heavy (non-hydrogen) atoms. The molecular weight excluding hydrogens is 392 g/mol. The number of benzene rings is 1. The van der Waals surface area contributed by atoms with E-state index < -0.39 is 5.54 Å². The molecule has 1 aromatic carbocycles. The number of hydrogen-bond acceptors (Lipinski definition) is 5. The van der Waals surface area contributed by atoms with E-state index in [1.807, 2.05) is 6.07 Å². The van der Waals surface area contributed by atoms with E-state index in [0.29, 0.717) is 18.3 Å². The quantitative estimate of drug-likeness (QED) is 0.761. The molecule has 1 aliphatic heterocycles. The third-order valence-corrected chi connectivity index (χ3v) is 7.16. The van der Waals surface area contributed by atoms with Gasteiger partial charge in [-0.3, -0.25) is 9.59 Å². The van der Waals surface area contributed by atoms with E-state index in [-0.39, 0.29) is 24.2 Å². The van der Waals surface area contributed by atoms with Crippen molar-refractivity contribution in [2.24, 2.45) is 5.92 Å². The van der Waals surface area contributed by atoms with Crippen LogP contribution in [0.1, 0.15) is 74.2 Å². The molecule has 0 radical (unpaired) electrons. The second-order valence-electron chi connectivity index (χ2n) is 9.33. The minimum absolute atomic E-state index is 0.0171. The fraction of sp³-hybridized carbons (Fsp3) is 0.583. The minimum atomic E-state index is -0.602. The van der Waals surface area contributed by atoms with Gasteiger partial charge in [0, 0.05) is 25.6 Å². The average Bonchev–Trinajstić information content (AvgIpc) is 3.45. The number of aryl methyl sites for hydroxylation is 3. The van der Waals surface area contributed by atoms with Crippen LogP contribution in [0.15, 0.2) is 22.7 Å². The van der Waals surface area contributed by atoms with Gasteiger partial charge in [0.05, 0.1) is 5.92 Å². The number of fused-ring (bicyclic) bond motifs is 1. The predicted molar refractivity (Wildman–Crippen MR) is 115 cm³/mol. The maximum Gasteiger partial charge on any atom is 0.227 e. The Hall–Kier alpha value is -2.70. The molecule has 164 valence electrons. The number of nitrogens with zero attached hydrogens (tertiary/aromatic N) is 3. The molecule has 2 fully saturated rings. The van der Waals surface area contributed by atoms with E-state index in [1.54, 1.807) is 11.8 Å². The monoisotopic (exact) mass is 422 g/mol. The van der Waals surface area contributed by atoms with Crippen molar-refractivity contribution in [2.45, 2.75) is 76.7 Å². The van der Waals surface area contributed by atoms with Crippen molar-refractivity contribution in [3.05, 3.63) is 41.0 Å². The standard InChI is InChI=1S/C24H30N4O3/c1-16-25-23(27-31-16)24(11-4-2-3-5-12-24)26-22(30)19-14-21(29)28(15-19)20-10-9-17-7-6-8-18(17)13-20/h9-10,13,19H,2-8,11-12,14-15H2,1H3,(H,26,30). The summed E-state index contributed by atoms with van der Waals surface area (Å²) in [5, 5.41) is 7.44. The van der Waals surface area contributed by atoms with E-state index in [4.69, 9.17) is 4.52 Å². The summed E-state index contributed by atoms with van der Waals surface area (Å²) >= 11 is 0. The highest BCUT2D eigenvalue weighted by Gasteiger charge is 2.43. The van der Waals surface area contributed by atoms with Crippen LogP contribution < -0.4 is 10.2 Å². The summed E-state index contributed by atoms with van der Waals surface area (Å²) < 4.78 is 5.24. The van der Waals surface area contributed by atoms with E-state index in [1.165, 1.54) is 17.5 Å². The molecule has 1 atom stereocenters. The van der Waals surface area contributed by atoms with Gasteiger partial charge in [-0.25, -0.2) is 0 Å². The highest BCUT2D eigenvalue weighted by atomic mass is 16.5. The first-order valence-corrected chi connectivity index (χ1v) is 11.6. The molecule has 5 rings (SSSR count). The van der Waals surface area contributed by atoms with Crippen molar-refractivity contribution in [3.63, 3.8) is 0 Å². The number of carbonyl (C=O) groups is 2. The Morgan fingerprint density at radius 1 is 1.13 bits per heavy atom. The molecule has 0 spiro atoms. The molecule has 2 heterocycles. The van der Waals surface area contributed by atoms with Crippen LogP contribution >= 0.6 is 0 Å². The number of nitrogens with one attached hydrogen (secondary N) is 1. The van der Waals surface area contributed by atoms with Crippen LogP contribution in [-0.4, -0.2) is 28.5 Å². The van der Waals surface area contributed by atoms with E-state index in [0.717, 1.165) is 57.1 Å². The van der Waals surface area contributed by atoms with E-state index >= 15 is 0 Å². The third kappa shape index (κ3) is 3.86. The van der Waals surface area contributed by atoms with Crippen molar-refractivity contribution in [3.8, 4) is 0 Å².